The number of nitriles is 1. The SMILES string of the molecule is COC(=O)c1sc(NC(=O)[C@H](C)Oc2ccc(Cl)cc2Cl)c(C#N)c1C. The molecule has 0 radical (unpaired) electrons. The third-order valence-corrected chi connectivity index (χ3v) is 5.15. The largest absolute Gasteiger partial charge is 0.479 e. The smallest absolute Gasteiger partial charge is 0.348 e. The molecule has 1 amide bonds. The molecule has 1 heterocycles. The number of anilines is 1. The van der Waals surface area contributed by atoms with Gasteiger partial charge in [-0.2, -0.15) is 5.26 Å². The standard InChI is InChI=1S/C17H14Cl2N2O4S/c1-8-11(7-20)16(26-14(8)17(23)24-3)21-15(22)9(2)25-13-5-4-10(18)6-12(13)19/h4-6,9H,1-3H3,(H,21,22)/t9-/m0/s1. The average molecular weight is 413 g/mol. The van der Waals surface area contributed by atoms with E-state index in [9.17, 15) is 14.9 Å². The van der Waals surface area contributed by atoms with E-state index in [2.05, 4.69) is 10.1 Å². The lowest BCUT2D eigenvalue weighted by Crippen LogP contribution is -2.30. The molecule has 0 unspecified atom stereocenters. The first-order valence-corrected chi connectivity index (χ1v) is 8.90. The van der Waals surface area contributed by atoms with Gasteiger partial charge in [0.1, 0.15) is 21.7 Å². The lowest BCUT2D eigenvalue weighted by Gasteiger charge is -2.15. The summed E-state index contributed by atoms with van der Waals surface area (Å²) < 4.78 is 10.2. The van der Waals surface area contributed by atoms with Gasteiger partial charge in [-0.15, -0.1) is 11.3 Å². The van der Waals surface area contributed by atoms with Crippen LogP contribution in [0.5, 0.6) is 5.75 Å². The molecule has 1 N–H and O–H groups in total. The molecule has 0 bridgehead atoms. The molecule has 0 fully saturated rings. The fourth-order valence-corrected chi connectivity index (χ4v) is 3.58. The second kappa shape index (κ2) is 8.41. The molecule has 0 aliphatic heterocycles. The van der Waals surface area contributed by atoms with Crippen LogP contribution in [0.1, 0.15) is 27.7 Å². The van der Waals surface area contributed by atoms with E-state index in [0.29, 0.717) is 16.3 Å². The van der Waals surface area contributed by atoms with Gasteiger partial charge in [0.2, 0.25) is 0 Å². The van der Waals surface area contributed by atoms with Crippen molar-refractivity contribution < 1.29 is 19.1 Å². The zero-order valence-corrected chi connectivity index (χ0v) is 16.4. The van der Waals surface area contributed by atoms with Crippen LogP contribution >= 0.6 is 34.5 Å². The van der Waals surface area contributed by atoms with Crippen LogP contribution in [0.25, 0.3) is 0 Å². The number of hydrogen-bond acceptors (Lipinski definition) is 6. The van der Waals surface area contributed by atoms with Crippen LogP contribution in [0.3, 0.4) is 0 Å². The first-order chi connectivity index (χ1) is 12.3. The normalized spacial score (nSPS) is 11.4. The van der Waals surface area contributed by atoms with Crippen molar-refractivity contribution in [1.29, 1.82) is 5.26 Å². The van der Waals surface area contributed by atoms with Crippen molar-refractivity contribution in [2.75, 3.05) is 12.4 Å². The van der Waals surface area contributed by atoms with E-state index in [4.69, 9.17) is 27.9 Å². The predicted molar refractivity (Wildman–Crippen MR) is 100 cm³/mol. The Bertz CT molecular complexity index is 905. The molecule has 1 aromatic heterocycles. The average Bonchev–Trinajstić information content (AvgIpc) is 2.91. The minimum absolute atomic E-state index is 0.209. The van der Waals surface area contributed by atoms with Gasteiger partial charge in [-0.3, -0.25) is 4.79 Å². The van der Waals surface area contributed by atoms with E-state index in [1.54, 1.807) is 19.1 Å². The Hall–Kier alpha value is -2.27. The number of carbonyl (C=O) groups excluding carboxylic acids is 2. The van der Waals surface area contributed by atoms with Gasteiger partial charge in [-0.1, -0.05) is 23.2 Å². The maximum atomic E-state index is 12.4. The molecule has 0 saturated carbocycles. The van der Waals surface area contributed by atoms with E-state index < -0.39 is 18.0 Å². The highest BCUT2D eigenvalue weighted by Gasteiger charge is 2.24. The van der Waals surface area contributed by atoms with Gasteiger partial charge < -0.3 is 14.8 Å². The zero-order chi connectivity index (χ0) is 19.4. The molecule has 2 rings (SSSR count). The molecule has 0 saturated heterocycles. The topological polar surface area (TPSA) is 88.4 Å². The maximum absolute atomic E-state index is 12.4. The number of carbonyl (C=O) groups is 2. The van der Waals surface area contributed by atoms with Gasteiger partial charge >= 0.3 is 5.97 Å². The number of nitrogens with one attached hydrogen (secondary N) is 1. The van der Waals surface area contributed by atoms with Gasteiger partial charge in [0.25, 0.3) is 5.91 Å². The van der Waals surface area contributed by atoms with Crippen LogP contribution in [0.15, 0.2) is 18.2 Å². The van der Waals surface area contributed by atoms with Gasteiger partial charge in [-0.05, 0) is 37.6 Å². The predicted octanol–water partition coefficient (Wildman–Crippen LogP) is 4.43. The van der Waals surface area contributed by atoms with Crippen molar-refractivity contribution in [3.05, 3.63) is 44.2 Å². The van der Waals surface area contributed by atoms with Gasteiger partial charge in [-0.25, -0.2) is 4.79 Å². The van der Waals surface area contributed by atoms with Crippen molar-refractivity contribution in [1.82, 2.24) is 0 Å². The van der Waals surface area contributed by atoms with Crippen LogP contribution in [-0.4, -0.2) is 25.1 Å². The highest BCUT2D eigenvalue weighted by Crippen LogP contribution is 2.33. The lowest BCUT2D eigenvalue weighted by molar-refractivity contribution is -0.122. The third-order valence-electron chi connectivity index (χ3n) is 3.43. The Labute approximate surface area is 164 Å². The molecule has 26 heavy (non-hydrogen) atoms. The molecular formula is C17H14Cl2N2O4S. The summed E-state index contributed by atoms with van der Waals surface area (Å²) >= 11 is 12.8. The van der Waals surface area contributed by atoms with Crippen molar-refractivity contribution in [2.45, 2.75) is 20.0 Å². The molecule has 136 valence electrons. The summed E-state index contributed by atoms with van der Waals surface area (Å²) in [6.07, 6.45) is -0.899. The number of methoxy groups -OCH3 is 1. The summed E-state index contributed by atoms with van der Waals surface area (Å²) in [4.78, 5) is 24.4. The van der Waals surface area contributed by atoms with E-state index >= 15 is 0 Å². The van der Waals surface area contributed by atoms with Crippen molar-refractivity contribution in [2.24, 2.45) is 0 Å². The van der Waals surface area contributed by atoms with Crippen LogP contribution in [0, 0.1) is 18.3 Å². The second-order valence-corrected chi connectivity index (χ2v) is 7.05. The van der Waals surface area contributed by atoms with Gasteiger partial charge in [0.05, 0.1) is 17.7 Å². The van der Waals surface area contributed by atoms with Crippen molar-refractivity contribution >= 4 is 51.4 Å². The highest BCUT2D eigenvalue weighted by molar-refractivity contribution is 7.18. The molecular weight excluding hydrogens is 399 g/mol. The Morgan fingerprint density at radius 3 is 2.62 bits per heavy atom. The van der Waals surface area contributed by atoms with Crippen molar-refractivity contribution in [3.63, 3.8) is 0 Å². The number of thiophene rings is 1. The summed E-state index contributed by atoms with van der Waals surface area (Å²) in [7, 11) is 1.25. The van der Waals surface area contributed by atoms with E-state index in [0.717, 1.165) is 11.3 Å². The minimum Gasteiger partial charge on any atom is -0.479 e. The summed E-state index contributed by atoms with van der Waals surface area (Å²) in [5.41, 5.74) is 0.662. The number of halogens is 2. The van der Waals surface area contributed by atoms with E-state index in [-0.39, 0.29) is 20.5 Å². The number of ether oxygens (including phenoxy) is 2. The molecule has 0 aliphatic rings. The van der Waals surface area contributed by atoms with Gasteiger partial charge in [0, 0.05) is 5.02 Å². The zero-order valence-electron chi connectivity index (χ0n) is 14.1. The van der Waals surface area contributed by atoms with Crippen molar-refractivity contribution in [3.8, 4) is 11.8 Å². The first kappa shape index (κ1) is 20.0. The monoisotopic (exact) mass is 412 g/mol. The Kier molecular flexibility index (Phi) is 6.48. The number of nitrogens with zero attached hydrogens (tertiary/aromatic N) is 1. The fourth-order valence-electron chi connectivity index (χ4n) is 2.05. The summed E-state index contributed by atoms with van der Waals surface area (Å²) in [6, 6.07) is 6.63. The highest BCUT2D eigenvalue weighted by atomic mass is 35.5. The van der Waals surface area contributed by atoms with Gasteiger partial charge in [0.15, 0.2) is 6.10 Å². The number of amides is 1. The molecule has 9 heteroatoms. The molecule has 1 aromatic carbocycles. The van der Waals surface area contributed by atoms with Crippen LogP contribution in [0.2, 0.25) is 10.0 Å². The molecule has 2 aromatic rings. The number of esters is 1. The quantitative estimate of drug-likeness (QED) is 0.733. The molecule has 0 spiro atoms. The Morgan fingerprint density at radius 1 is 1.35 bits per heavy atom. The molecule has 0 aliphatic carbocycles. The number of rotatable bonds is 5. The Balaban J connectivity index is 2.19. The third kappa shape index (κ3) is 4.28. The number of benzene rings is 1. The molecule has 6 nitrogen and oxygen atoms in total. The minimum atomic E-state index is -0.899. The maximum Gasteiger partial charge on any atom is 0.348 e. The summed E-state index contributed by atoms with van der Waals surface area (Å²) in [5.74, 6) is -0.760. The summed E-state index contributed by atoms with van der Waals surface area (Å²) in [6.45, 7) is 3.15. The Morgan fingerprint density at radius 2 is 2.04 bits per heavy atom. The van der Waals surface area contributed by atoms with E-state index in [1.165, 1.54) is 20.1 Å². The fraction of sp³-hybridized carbons (Fsp3) is 0.235. The first-order valence-electron chi connectivity index (χ1n) is 7.32. The number of hydrogen-bond donors (Lipinski definition) is 1. The van der Waals surface area contributed by atoms with Crippen LogP contribution in [-0.2, 0) is 9.53 Å². The van der Waals surface area contributed by atoms with E-state index in [1.807, 2.05) is 6.07 Å². The molecule has 1 atom stereocenters. The second-order valence-electron chi connectivity index (χ2n) is 5.19. The lowest BCUT2D eigenvalue weighted by atomic mass is 10.2. The van der Waals surface area contributed by atoms with Crippen LogP contribution < -0.4 is 10.1 Å². The summed E-state index contributed by atoms with van der Waals surface area (Å²) in [5, 5.41) is 12.9. The van der Waals surface area contributed by atoms with Crippen LogP contribution in [0.4, 0.5) is 5.00 Å².